The van der Waals surface area contributed by atoms with Crippen LogP contribution in [-0.2, 0) is 9.53 Å². The molecule has 1 aromatic heterocycles. The van der Waals surface area contributed by atoms with Crippen molar-refractivity contribution in [3.8, 4) is 5.75 Å². The Bertz CT molecular complexity index is 1040. The standard InChI is InChI=1S/C22H22F4N2O4/c1-10-16(13-5-6-14(23)17(24)18(13)31-21(25)26)19(32-22(10,3)4)20(30)28-12-7-8-27-15(9-12)11(2)29/h5-10,16,19,21H,1-4H3,(H,27,28,30)/t10-,16+,19-/m1/s1. The van der Waals surface area contributed by atoms with Gasteiger partial charge in [0.15, 0.2) is 17.3 Å². The number of alkyl halides is 2. The molecule has 1 amide bonds. The zero-order valence-corrected chi connectivity index (χ0v) is 17.8. The van der Waals surface area contributed by atoms with Gasteiger partial charge in [-0.2, -0.15) is 13.2 Å². The Labute approximate surface area is 181 Å². The zero-order valence-electron chi connectivity index (χ0n) is 17.8. The number of hydrogen-bond donors (Lipinski definition) is 1. The third-order valence-electron chi connectivity index (χ3n) is 5.69. The van der Waals surface area contributed by atoms with Crippen molar-refractivity contribution < 1.29 is 36.6 Å². The molecule has 1 fully saturated rings. The quantitative estimate of drug-likeness (QED) is 0.506. The highest BCUT2D eigenvalue weighted by atomic mass is 19.3. The fourth-order valence-corrected chi connectivity index (χ4v) is 3.78. The third-order valence-corrected chi connectivity index (χ3v) is 5.69. The van der Waals surface area contributed by atoms with Crippen LogP contribution < -0.4 is 10.1 Å². The Morgan fingerprint density at radius 2 is 1.91 bits per heavy atom. The Balaban J connectivity index is 2.01. The first kappa shape index (κ1) is 23.6. The second kappa shape index (κ2) is 8.85. The van der Waals surface area contributed by atoms with Gasteiger partial charge in [-0.15, -0.1) is 0 Å². The Hall–Kier alpha value is -3.01. The van der Waals surface area contributed by atoms with Crippen molar-refractivity contribution in [3.05, 3.63) is 53.4 Å². The fourth-order valence-electron chi connectivity index (χ4n) is 3.78. The van der Waals surface area contributed by atoms with Gasteiger partial charge in [0.2, 0.25) is 5.82 Å². The second-order valence-corrected chi connectivity index (χ2v) is 8.09. The molecule has 3 atom stereocenters. The van der Waals surface area contributed by atoms with E-state index in [1.165, 1.54) is 25.3 Å². The maximum Gasteiger partial charge on any atom is 0.387 e. The number of carbonyl (C=O) groups is 2. The summed E-state index contributed by atoms with van der Waals surface area (Å²) in [5.41, 5.74) is -0.609. The van der Waals surface area contributed by atoms with Gasteiger partial charge < -0.3 is 14.8 Å². The van der Waals surface area contributed by atoms with Crippen LogP contribution in [0, 0.1) is 17.6 Å². The van der Waals surface area contributed by atoms with E-state index in [4.69, 9.17) is 4.74 Å². The molecule has 32 heavy (non-hydrogen) atoms. The summed E-state index contributed by atoms with van der Waals surface area (Å²) in [4.78, 5) is 28.6. The van der Waals surface area contributed by atoms with Crippen LogP contribution in [0.25, 0.3) is 0 Å². The summed E-state index contributed by atoms with van der Waals surface area (Å²) in [7, 11) is 0. The number of pyridine rings is 1. The highest BCUT2D eigenvalue weighted by molar-refractivity contribution is 5.97. The number of nitrogens with one attached hydrogen (secondary N) is 1. The van der Waals surface area contributed by atoms with Crippen molar-refractivity contribution in [2.24, 2.45) is 5.92 Å². The first-order chi connectivity index (χ1) is 14.9. The van der Waals surface area contributed by atoms with E-state index in [1.807, 2.05) is 0 Å². The van der Waals surface area contributed by atoms with E-state index in [-0.39, 0.29) is 22.7 Å². The molecule has 0 bridgehead atoms. The lowest BCUT2D eigenvalue weighted by Crippen LogP contribution is -2.33. The largest absolute Gasteiger partial charge is 0.431 e. The van der Waals surface area contributed by atoms with Gasteiger partial charge >= 0.3 is 6.61 Å². The van der Waals surface area contributed by atoms with Crippen LogP contribution in [0.5, 0.6) is 5.75 Å². The lowest BCUT2D eigenvalue weighted by Gasteiger charge is -2.26. The van der Waals surface area contributed by atoms with E-state index in [2.05, 4.69) is 15.0 Å². The molecule has 0 radical (unpaired) electrons. The predicted molar refractivity (Wildman–Crippen MR) is 107 cm³/mol. The molecular weight excluding hydrogens is 432 g/mol. The summed E-state index contributed by atoms with van der Waals surface area (Å²) >= 11 is 0. The van der Waals surface area contributed by atoms with Crippen molar-refractivity contribution in [2.75, 3.05) is 5.32 Å². The number of benzene rings is 1. The van der Waals surface area contributed by atoms with E-state index in [1.54, 1.807) is 20.8 Å². The van der Waals surface area contributed by atoms with Gasteiger partial charge in [0.1, 0.15) is 11.8 Å². The first-order valence-corrected chi connectivity index (χ1v) is 9.80. The summed E-state index contributed by atoms with van der Waals surface area (Å²) in [5.74, 6) is -6.23. The van der Waals surface area contributed by atoms with E-state index in [9.17, 15) is 27.2 Å². The smallest absolute Gasteiger partial charge is 0.387 e. The molecule has 2 heterocycles. The number of ether oxygens (including phenoxy) is 2. The molecule has 6 nitrogen and oxygen atoms in total. The average molecular weight is 454 g/mol. The van der Waals surface area contributed by atoms with Crippen LogP contribution in [-0.4, -0.2) is 35.0 Å². The van der Waals surface area contributed by atoms with Crippen LogP contribution in [0.2, 0.25) is 0 Å². The van der Waals surface area contributed by atoms with Gasteiger partial charge in [0.05, 0.1) is 5.60 Å². The van der Waals surface area contributed by atoms with Gasteiger partial charge in [-0.1, -0.05) is 13.0 Å². The van der Waals surface area contributed by atoms with Crippen molar-refractivity contribution in [1.29, 1.82) is 0 Å². The number of aromatic nitrogens is 1. The minimum absolute atomic E-state index is 0.110. The van der Waals surface area contributed by atoms with Gasteiger partial charge in [-0.3, -0.25) is 14.6 Å². The Morgan fingerprint density at radius 3 is 2.53 bits per heavy atom. The molecule has 0 saturated carbocycles. The number of ketones is 1. The fraction of sp³-hybridized carbons (Fsp3) is 0.409. The van der Waals surface area contributed by atoms with Crippen molar-refractivity contribution in [3.63, 3.8) is 0 Å². The number of halogens is 4. The highest BCUT2D eigenvalue weighted by Gasteiger charge is 2.51. The topological polar surface area (TPSA) is 77.5 Å². The molecule has 10 heteroatoms. The number of Topliss-reactive ketones (excluding diaryl/α,β-unsaturated/α-hetero) is 1. The van der Waals surface area contributed by atoms with E-state index < -0.39 is 53.4 Å². The zero-order chi connectivity index (χ0) is 23.8. The number of anilines is 1. The van der Waals surface area contributed by atoms with Gasteiger partial charge in [-0.05, 0) is 38.0 Å². The Morgan fingerprint density at radius 1 is 1.22 bits per heavy atom. The molecule has 0 spiro atoms. The highest BCUT2D eigenvalue weighted by Crippen LogP contribution is 2.49. The number of carbonyl (C=O) groups excluding carboxylic acids is 2. The van der Waals surface area contributed by atoms with E-state index >= 15 is 0 Å². The maximum absolute atomic E-state index is 14.4. The number of amides is 1. The molecule has 0 aliphatic carbocycles. The second-order valence-electron chi connectivity index (χ2n) is 8.09. The van der Waals surface area contributed by atoms with Crippen LogP contribution >= 0.6 is 0 Å². The number of nitrogens with zero attached hydrogens (tertiary/aromatic N) is 1. The van der Waals surface area contributed by atoms with E-state index in [0.29, 0.717) is 0 Å². The SMILES string of the molecule is CC(=O)c1cc(NC(=O)[C@@H]2OC(C)(C)[C@H](C)[C@H]2c2ccc(F)c(F)c2OC(F)F)ccn1. The van der Waals surface area contributed by atoms with Crippen LogP contribution in [0.15, 0.2) is 30.5 Å². The minimum atomic E-state index is -3.40. The molecule has 1 aliphatic rings. The third kappa shape index (κ3) is 4.59. The monoisotopic (exact) mass is 454 g/mol. The minimum Gasteiger partial charge on any atom is -0.431 e. The van der Waals surface area contributed by atoms with Crippen molar-refractivity contribution in [2.45, 2.75) is 51.9 Å². The molecule has 172 valence electrons. The molecular formula is C22H22F4N2O4. The van der Waals surface area contributed by atoms with Crippen LogP contribution in [0.1, 0.15) is 49.7 Å². The molecule has 0 unspecified atom stereocenters. The summed E-state index contributed by atoms with van der Waals surface area (Å²) in [6.45, 7) is 3.04. The van der Waals surface area contributed by atoms with Crippen molar-refractivity contribution in [1.82, 2.24) is 4.98 Å². The molecule has 1 saturated heterocycles. The van der Waals surface area contributed by atoms with Crippen LogP contribution in [0.3, 0.4) is 0 Å². The molecule has 2 aromatic rings. The lowest BCUT2D eigenvalue weighted by molar-refractivity contribution is -0.131. The van der Waals surface area contributed by atoms with Gasteiger partial charge in [0.25, 0.3) is 5.91 Å². The summed E-state index contributed by atoms with van der Waals surface area (Å²) in [6, 6.07) is 4.74. The van der Waals surface area contributed by atoms with Crippen molar-refractivity contribution >= 4 is 17.4 Å². The maximum atomic E-state index is 14.4. The summed E-state index contributed by atoms with van der Waals surface area (Å²) < 4.78 is 64.2. The Kier molecular flexibility index (Phi) is 6.54. The normalized spacial score (nSPS) is 22.1. The number of hydrogen-bond acceptors (Lipinski definition) is 5. The summed E-state index contributed by atoms with van der Waals surface area (Å²) in [6.07, 6.45) is 0.106. The molecule has 1 aromatic carbocycles. The van der Waals surface area contributed by atoms with Gasteiger partial charge in [0, 0.05) is 30.3 Å². The van der Waals surface area contributed by atoms with E-state index in [0.717, 1.165) is 12.1 Å². The number of rotatable bonds is 6. The van der Waals surface area contributed by atoms with Crippen LogP contribution in [0.4, 0.5) is 23.2 Å². The summed E-state index contributed by atoms with van der Waals surface area (Å²) in [5, 5.41) is 2.61. The lowest BCUT2D eigenvalue weighted by atomic mass is 9.78. The molecule has 1 N–H and O–H groups in total. The van der Waals surface area contributed by atoms with Gasteiger partial charge in [-0.25, -0.2) is 4.39 Å². The molecule has 3 rings (SSSR count). The molecule has 1 aliphatic heterocycles. The predicted octanol–water partition coefficient (Wildman–Crippen LogP) is 4.70. The average Bonchev–Trinajstić information content (AvgIpc) is 2.95. The first-order valence-electron chi connectivity index (χ1n) is 9.80.